The summed E-state index contributed by atoms with van der Waals surface area (Å²) in [4.78, 5) is 3.32. The van der Waals surface area contributed by atoms with E-state index in [0.29, 0.717) is 19.5 Å². The number of unbranched alkanes of at least 4 members (excludes halogenated alkanes) is 1. The number of piperidine rings is 1. The van der Waals surface area contributed by atoms with Crippen LogP contribution in [0.3, 0.4) is 0 Å². The molecule has 1 aromatic carbocycles. The third-order valence-electron chi connectivity index (χ3n) is 4.58. The van der Waals surface area contributed by atoms with Crippen LogP contribution in [0.15, 0.2) is 24.3 Å². The molecule has 1 aromatic heterocycles. The van der Waals surface area contributed by atoms with Crippen LogP contribution in [0.5, 0.6) is 0 Å². The highest BCUT2D eigenvalue weighted by Crippen LogP contribution is 2.30. The summed E-state index contributed by atoms with van der Waals surface area (Å²) in [5, 5.41) is 0.839. The minimum Gasteiger partial charge on any atom is -0.358 e. The zero-order valence-electron chi connectivity index (χ0n) is 13.4. The standard InChI is InChI=1S/C17H23FN2O2S/c1-2-3-9-23(21,22)20-8-4-5-13(12-20)17-11-14-10-15(18)6-7-16(14)19-17/h6-7,10-11,13,19H,2-5,8-9,12H2,1H3. The van der Waals surface area contributed by atoms with E-state index in [4.69, 9.17) is 0 Å². The van der Waals surface area contributed by atoms with E-state index < -0.39 is 10.0 Å². The van der Waals surface area contributed by atoms with Gasteiger partial charge in [0.15, 0.2) is 0 Å². The molecule has 1 saturated heterocycles. The molecular weight excluding hydrogens is 315 g/mol. The molecule has 0 spiro atoms. The number of H-pyrrole nitrogens is 1. The molecule has 4 nitrogen and oxygen atoms in total. The van der Waals surface area contributed by atoms with Crippen molar-refractivity contribution in [3.05, 3.63) is 35.8 Å². The molecule has 2 aromatic rings. The number of hydrogen-bond donors (Lipinski definition) is 1. The Morgan fingerprint density at radius 1 is 1.35 bits per heavy atom. The Hall–Kier alpha value is -1.40. The van der Waals surface area contributed by atoms with Crippen molar-refractivity contribution in [3.8, 4) is 0 Å². The summed E-state index contributed by atoms with van der Waals surface area (Å²) in [6, 6.07) is 6.62. The van der Waals surface area contributed by atoms with Crippen molar-refractivity contribution in [1.29, 1.82) is 0 Å². The number of halogens is 1. The van der Waals surface area contributed by atoms with Gasteiger partial charge in [-0.25, -0.2) is 17.1 Å². The Morgan fingerprint density at radius 3 is 2.96 bits per heavy atom. The fourth-order valence-corrected chi connectivity index (χ4v) is 4.98. The molecule has 1 unspecified atom stereocenters. The van der Waals surface area contributed by atoms with Crippen LogP contribution in [0, 0.1) is 5.82 Å². The second kappa shape index (κ2) is 6.61. The maximum absolute atomic E-state index is 13.3. The van der Waals surface area contributed by atoms with Crippen LogP contribution in [0.1, 0.15) is 44.2 Å². The fourth-order valence-electron chi connectivity index (χ4n) is 3.25. The minimum absolute atomic E-state index is 0.149. The minimum atomic E-state index is -3.16. The van der Waals surface area contributed by atoms with E-state index in [9.17, 15) is 12.8 Å². The second-order valence-corrected chi connectivity index (χ2v) is 8.41. The van der Waals surface area contributed by atoms with Gasteiger partial charge in [0.1, 0.15) is 5.82 Å². The summed E-state index contributed by atoms with van der Waals surface area (Å²) < 4.78 is 39.8. The molecule has 1 aliphatic heterocycles. The first-order valence-electron chi connectivity index (χ1n) is 8.25. The Kier molecular flexibility index (Phi) is 4.73. The Bertz CT molecular complexity index is 785. The molecule has 2 heterocycles. The van der Waals surface area contributed by atoms with E-state index in [-0.39, 0.29) is 17.5 Å². The van der Waals surface area contributed by atoms with Crippen molar-refractivity contribution in [2.24, 2.45) is 0 Å². The summed E-state index contributed by atoms with van der Waals surface area (Å²) in [5.74, 6) is 0.125. The number of aromatic nitrogens is 1. The van der Waals surface area contributed by atoms with Crippen molar-refractivity contribution in [3.63, 3.8) is 0 Å². The van der Waals surface area contributed by atoms with Crippen molar-refractivity contribution in [1.82, 2.24) is 9.29 Å². The lowest BCUT2D eigenvalue weighted by Crippen LogP contribution is -2.40. The molecule has 0 amide bonds. The topological polar surface area (TPSA) is 53.2 Å². The molecule has 0 radical (unpaired) electrons. The van der Waals surface area contributed by atoms with Gasteiger partial charge in [-0.1, -0.05) is 13.3 Å². The van der Waals surface area contributed by atoms with E-state index in [1.165, 1.54) is 12.1 Å². The number of sulfonamides is 1. The molecule has 126 valence electrons. The largest absolute Gasteiger partial charge is 0.358 e. The number of rotatable bonds is 5. The smallest absolute Gasteiger partial charge is 0.214 e. The molecule has 6 heteroatoms. The molecule has 0 saturated carbocycles. The highest BCUT2D eigenvalue weighted by molar-refractivity contribution is 7.89. The van der Waals surface area contributed by atoms with E-state index in [1.54, 1.807) is 10.4 Å². The maximum Gasteiger partial charge on any atom is 0.214 e. The third-order valence-corrected chi connectivity index (χ3v) is 6.50. The number of aromatic amines is 1. The van der Waals surface area contributed by atoms with Crippen molar-refractivity contribution in [2.45, 2.75) is 38.5 Å². The van der Waals surface area contributed by atoms with Gasteiger partial charge in [-0.3, -0.25) is 0 Å². The molecule has 0 aliphatic carbocycles. The summed E-state index contributed by atoms with van der Waals surface area (Å²) >= 11 is 0. The van der Waals surface area contributed by atoms with Gasteiger partial charge in [-0.15, -0.1) is 0 Å². The summed E-state index contributed by atoms with van der Waals surface area (Å²) in [6.45, 7) is 3.12. The third kappa shape index (κ3) is 3.58. The number of nitrogens with zero attached hydrogens (tertiary/aromatic N) is 1. The predicted octanol–water partition coefficient (Wildman–Crippen LogP) is 3.62. The highest BCUT2D eigenvalue weighted by atomic mass is 32.2. The Morgan fingerprint density at radius 2 is 2.17 bits per heavy atom. The lowest BCUT2D eigenvalue weighted by Gasteiger charge is -2.31. The number of hydrogen-bond acceptors (Lipinski definition) is 2. The van der Waals surface area contributed by atoms with Crippen LogP contribution >= 0.6 is 0 Å². The number of benzene rings is 1. The first-order valence-corrected chi connectivity index (χ1v) is 9.86. The molecule has 1 N–H and O–H groups in total. The Labute approximate surface area is 136 Å². The lowest BCUT2D eigenvalue weighted by atomic mass is 9.96. The van der Waals surface area contributed by atoms with Crippen LogP contribution in [-0.2, 0) is 10.0 Å². The van der Waals surface area contributed by atoms with Crippen molar-refractivity contribution >= 4 is 20.9 Å². The normalized spacial score (nSPS) is 20.2. The second-order valence-electron chi connectivity index (χ2n) is 6.32. The molecule has 23 heavy (non-hydrogen) atoms. The van der Waals surface area contributed by atoms with Gasteiger partial charge in [0.2, 0.25) is 10.0 Å². The van der Waals surface area contributed by atoms with Crippen molar-refractivity contribution < 1.29 is 12.8 Å². The van der Waals surface area contributed by atoms with Gasteiger partial charge < -0.3 is 4.98 Å². The van der Waals surface area contributed by atoms with Gasteiger partial charge in [0.05, 0.1) is 5.75 Å². The van der Waals surface area contributed by atoms with E-state index in [0.717, 1.165) is 35.9 Å². The average molecular weight is 338 g/mol. The summed E-state index contributed by atoms with van der Waals surface area (Å²) in [6.07, 6.45) is 3.40. The van der Waals surface area contributed by atoms with E-state index in [2.05, 4.69) is 4.98 Å². The van der Waals surface area contributed by atoms with Crippen molar-refractivity contribution in [2.75, 3.05) is 18.8 Å². The first-order chi connectivity index (χ1) is 11.0. The van der Waals surface area contributed by atoms with Gasteiger partial charge >= 0.3 is 0 Å². The van der Waals surface area contributed by atoms with Gasteiger partial charge in [0, 0.05) is 35.6 Å². The average Bonchev–Trinajstić information content (AvgIpc) is 2.96. The molecule has 1 fully saturated rings. The maximum atomic E-state index is 13.3. The SMILES string of the molecule is CCCCS(=O)(=O)N1CCCC(c2cc3cc(F)ccc3[nH]2)C1. The van der Waals surface area contributed by atoms with Crippen LogP contribution in [-0.4, -0.2) is 36.5 Å². The van der Waals surface area contributed by atoms with Crippen LogP contribution in [0.2, 0.25) is 0 Å². The summed E-state index contributed by atoms with van der Waals surface area (Å²) in [5.41, 5.74) is 1.90. The quantitative estimate of drug-likeness (QED) is 0.905. The predicted molar refractivity (Wildman–Crippen MR) is 90.5 cm³/mol. The first kappa shape index (κ1) is 16.5. The van der Waals surface area contributed by atoms with E-state index in [1.807, 2.05) is 13.0 Å². The number of fused-ring (bicyclic) bond motifs is 1. The van der Waals surface area contributed by atoms with Crippen LogP contribution < -0.4 is 0 Å². The van der Waals surface area contributed by atoms with E-state index >= 15 is 0 Å². The van der Waals surface area contributed by atoms with Crippen LogP contribution in [0.25, 0.3) is 10.9 Å². The molecule has 0 bridgehead atoms. The molecular formula is C17H23FN2O2S. The van der Waals surface area contributed by atoms with Gasteiger partial charge in [-0.2, -0.15) is 0 Å². The monoisotopic (exact) mass is 338 g/mol. The molecule has 1 aliphatic rings. The van der Waals surface area contributed by atoms with Gasteiger partial charge in [-0.05, 0) is 43.5 Å². The van der Waals surface area contributed by atoms with Gasteiger partial charge in [0.25, 0.3) is 0 Å². The summed E-state index contributed by atoms with van der Waals surface area (Å²) in [7, 11) is -3.16. The Balaban J connectivity index is 1.79. The zero-order chi connectivity index (χ0) is 16.4. The zero-order valence-corrected chi connectivity index (χ0v) is 14.2. The highest BCUT2D eigenvalue weighted by Gasteiger charge is 2.29. The molecule has 1 atom stereocenters. The molecule has 3 rings (SSSR count). The van der Waals surface area contributed by atoms with Crippen LogP contribution in [0.4, 0.5) is 4.39 Å². The fraction of sp³-hybridized carbons (Fsp3) is 0.529. The number of nitrogens with one attached hydrogen (secondary N) is 1. The lowest BCUT2D eigenvalue weighted by molar-refractivity contribution is 0.313.